The summed E-state index contributed by atoms with van der Waals surface area (Å²) >= 11 is 0. The first-order chi connectivity index (χ1) is 13.5. The normalized spacial score (nSPS) is 26.1. The zero-order valence-electron chi connectivity index (χ0n) is 14.5. The summed E-state index contributed by atoms with van der Waals surface area (Å²) in [5.74, 6) is -2.21. The standard InChI is InChI=1S/C20H16F2O6/c21-13-5-1-3-11(7-13)9-25-17-15-16(28-19(17)23)18(20(24)27-15)26-10-12-4-2-6-14(22)8-12/h1-8,15-18H,9-10H2/t15-,16-,17-,18-/m1/s1. The molecule has 2 fully saturated rings. The molecule has 2 heterocycles. The van der Waals surface area contributed by atoms with Crippen LogP contribution in [0.15, 0.2) is 48.5 Å². The molecule has 2 aromatic carbocycles. The van der Waals surface area contributed by atoms with Gasteiger partial charge in [0.25, 0.3) is 0 Å². The van der Waals surface area contributed by atoms with Crippen LogP contribution in [0.2, 0.25) is 0 Å². The number of halogens is 2. The molecule has 0 N–H and O–H groups in total. The van der Waals surface area contributed by atoms with Crippen molar-refractivity contribution in [3.63, 3.8) is 0 Å². The van der Waals surface area contributed by atoms with Crippen LogP contribution in [0, 0.1) is 11.6 Å². The van der Waals surface area contributed by atoms with E-state index in [1.54, 1.807) is 12.1 Å². The highest BCUT2D eigenvalue weighted by Gasteiger charge is 2.59. The van der Waals surface area contributed by atoms with Crippen molar-refractivity contribution < 1.29 is 37.3 Å². The molecule has 2 aromatic rings. The number of ether oxygens (including phenoxy) is 4. The zero-order valence-corrected chi connectivity index (χ0v) is 14.5. The van der Waals surface area contributed by atoms with Gasteiger partial charge in [0.2, 0.25) is 0 Å². The highest BCUT2D eigenvalue weighted by molar-refractivity contribution is 5.85. The van der Waals surface area contributed by atoms with Gasteiger partial charge in [-0.2, -0.15) is 0 Å². The van der Waals surface area contributed by atoms with Gasteiger partial charge in [0, 0.05) is 0 Å². The van der Waals surface area contributed by atoms with E-state index in [9.17, 15) is 18.4 Å². The van der Waals surface area contributed by atoms with E-state index in [-0.39, 0.29) is 13.2 Å². The van der Waals surface area contributed by atoms with E-state index in [0.29, 0.717) is 11.1 Å². The summed E-state index contributed by atoms with van der Waals surface area (Å²) in [7, 11) is 0. The second-order valence-corrected chi connectivity index (χ2v) is 6.53. The fourth-order valence-corrected chi connectivity index (χ4v) is 3.22. The van der Waals surface area contributed by atoms with Crippen LogP contribution < -0.4 is 0 Å². The molecule has 0 aliphatic carbocycles. The Labute approximate surface area is 159 Å². The van der Waals surface area contributed by atoms with Crippen LogP contribution in [0.25, 0.3) is 0 Å². The van der Waals surface area contributed by atoms with Crippen molar-refractivity contribution in [2.24, 2.45) is 0 Å². The van der Waals surface area contributed by atoms with E-state index in [0.717, 1.165) is 0 Å². The number of rotatable bonds is 6. The quantitative estimate of drug-likeness (QED) is 0.705. The molecule has 2 aliphatic rings. The molecule has 4 rings (SSSR count). The molecule has 28 heavy (non-hydrogen) atoms. The summed E-state index contributed by atoms with van der Waals surface area (Å²) in [6, 6.07) is 11.5. The van der Waals surface area contributed by atoms with Crippen molar-refractivity contribution in [2.45, 2.75) is 37.6 Å². The fraction of sp³-hybridized carbons (Fsp3) is 0.300. The van der Waals surface area contributed by atoms with E-state index < -0.39 is 48.0 Å². The minimum absolute atomic E-state index is 0.0485. The van der Waals surface area contributed by atoms with E-state index in [1.165, 1.54) is 36.4 Å². The topological polar surface area (TPSA) is 71.1 Å². The van der Waals surface area contributed by atoms with Gasteiger partial charge >= 0.3 is 11.9 Å². The first kappa shape index (κ1) is 18.5. The summed E-state index contributed by atoms with van der Waals surface area (Å²) in [4.78, 5) is 24.3. The molecule has 4 atom stereocenters. The molecular formula is C20H16F2O6. The molecule has 0 aromatic heterocycles. The molecule has 0 amide bonds. The Kier molecular flexibility index (Phi) is 5.06. The lowest BCUT2D eigenvalue weighted by Crippen LogP contribution is -2.34. The highest BCUT2D eigenvalue weighted by Crippen LogP contribution is 2.33. The second-order valence-electron chi connectivity index (χ2n) is 6.53. The summed E-state index contributed by atoms with van der Waals surface area (Å²) in [6.45, 7) is -0.0970. The van der Waals surface area contributed by atoms with Gasteiger partial charge in [-0.15, -0.1) is 0 Å². The summed E-state index contributed by atoms with van der Waals surface area (Å²) < 4.78 is 48.0. The van der Waals surface area contributed by atoms with Gasteiger partial charge in [-0.3, -0.25) is 0 Å². The molecule has 146 valence electrons. The second kappa shape index (κ2) is 7.65. The molecule has 0 radical (unpaired) electrons. The predicted octanol–water partition coefficient (Wildman–Crippen LogP) is 2.29. The number of hydrogen-bond donors (Lipinski definition) is 0. The lowest BCUT2D eigenvalue weighted by Gasteiger charge is -2.14. The van der Waals surface area contributed by atoms with Gasteiger partial charge in [0.15, 0.2) is 24.4 Å². The van der Waals surface area contributed by atoms with Gasteiger partial charge in [-0.05, 0) is 35.4 Å². The first-order valence-electron chi connectivity index (χ1n) is 8.64. The van der Waals surface area contributed by atoms with Crippen molar-refractivity contribution in [2.75, 3.05) is 0 Å². The Balaban J connectivity index is 1.39. The van der Waals surface area contributed by atoms with Gasteiger partial charge in [0.1, 0.15) is 11.6 Å². The molecule has 0 saturated carbocycles. The molecule has 8 heteroatoms. The van der Waals surface area contributed by atoms with Gasteiger partial charge in [-0.25, -0.2) is 18.4 Å². The van der Waals surface area contributed by atoms with Crippen molar-refractivity contribution in [3.8, 4) is 0 Å². The third kappa shape index (κ3) is 3.74. The van der Waals surface area contributed by atoms with Crippen LogP contribution in [-0.4, -0.2) is 36.4 Å². The van der Waals surface area contributed by atoms with Gasteiger partial charge < -0.3 is 18.9 Å². The fourth-order valence-electron chi connectivity index (χ4n) is 3.22. The van der Waals surface area contributed by atoms with Crippen LogP contribution >= 0.6 is 0 Å². The average molecular weight is 390 g/mol. The molecule has 0 unspecified atom stereocenters. The molecule has 2 saturated heterocycles. The maximum atomic E-state index is 13.3. The Bertz CT molecular complexity index is 828. The predicted molar refractivity (Wildman–Crippen MR) is 89.7 cm³/mol. The van der Waals surface area contributed by atoms with Crippen molar-refractivity contribution >= 4 is 11.9 Å². The number of carbonyl (C=O) groups is 2. The number of carbonyl (C=O) groups excluding carboxylic acids is 2. The number of esters is 2. The van der Waals surface area contributed by atoms with Crippen molar-refractivity contribution in [1.82, 2.24) is 0 Å². The lowest BCUT2D eigenvalue weighted by atomic mass is 10.1. The van der Waals surface area contributed by atoms with Crippen molar-refractivity contribution in [3.05, 3.63) is 71.3 Å². The maximum absolute atomic E-state index is 13.3. The Morgan fingerprint density at radius 3 is 1.57 bits per heavy atom. The molecular weight excluding hydrogens is 374 g/mol. The van der Waals surface area contributed by atoms with E-state index in [4.69, 9.17) is 18.9 Å². The summed E-state index contributed by atoms with van der Waals surface area (Å²) in [5, 5.41) is 0. The first-order valence-corrected chi connectivity index (χ1v) is 8.64. The van der Waals surface area contributed by atoms with Crippen molar-refractivity contribution in [1.29, 1.82) is 0 Å². The number of benzene rings is 2. The third-order valence-electron chi connectivity index (χ3n) is 4.53. The van der Waals surface area contributed by atoms with Crippen LogP contribution in [0.5, 0.6) is 0 Å². The lowest BCUT2D eigenvalue weighted by molar-refractivity contribution is -0.165. The minimum Gasteiger partial charge on any atom is -0.453 e. The maximum Gasteiger partial charge on any atom is 0.339 e. The smallest absolute Gasteiger partial charge is 0.339 e. The van der Waals surface area contributed by atoms with Gasteiger partial charge in [0.05, 0.1) is 13.2 Å². The van der Waals surface area contributed by atoms with Crippen LogP contribution in [0.1, 0.15) is 11.1 Å². The highest BCUT2D eigenvalue weighted by atomic mass is 19.1. The Hall–Kier alpha value is -2.84. The molecule has 0 bridgehead atoms. The molecule has 6 nitrogen and oxygen atoms in total. The average Bonchev–Trinajstić information content (AvgIpc) is 3.11. The largest absolute Gasteiger partial charge is 0.453 e. The minimum atomic E-state index is -1.13. The number of hydrogen-bond acceptors (Lipinski definition) is 6. The van der Waals surface area contributed by atoms with E-state index in [1.807, 2.05) is 0 Å². The SMILES string of the molecule is O=C1O[C@@H]2[C@@H](OC(=O)[C@@H]2OCc2cccc(F)c2)[C@H]1OCc1cccc(F)c1. The molecule has 0 spiro atoms. The Morgan fingerprint density at radius 2 is 1.18 bits per heavy atom. The number of fused-ring (bicyclic) bond motifs is 1. The molecule has 2 aliphatic heterocycles. The third-order valence-corrected chi connectivity index (χ3v) is 4.53. The monoisotopic (exact) mass is 390 g/mol. The summed E-state index contributed by atoms with van der Waals surface area (Å²) in [6.07, 6.45) is -4.16. The van der Waals surface area contributed by atoms with E-state index >= 15 is 0 Å². The van der Waals surface area contributed by atoms with Crippen LogP contribution in [-0.2, 0) is 41.8 Å². The summed E-state index contributed by atoms with van der Waals surface area (Å²) in [5.41, 5.74) is 1.05. The Morgan fingerprint density at radius 1 is 0.750 bits per heavy atom. The van der Waals surface area contributed by atoms with Crippen LogP contribution in [0.3, 0.4) is 0 Å². The van der Waals surface area contributed by atoms with Crippen LogP contribution in [0.4, 0.5) is 8.78 Å². The van der Waals surface area contributed by atoms with Gasteiger partial charge in [-0.1, -0.05) is 24.3 Å². The van der Waals surface area contributed by atoms with E-state index in [2.05, 4.69) is 0 Å². The zero-order chi connectivity index (χ0) is 19.7.